The molecule has 152 valence electrons. The van der Waals surface area contributed by atoms with Gasteiger partial charge in [0.25, 0.3) is 5.56 Å². The number of hydrogen-bond acceptors (Lipinski definition) is 6. The fourth-order valence-corrected chi connectivity index (χ4v) is 4.07. The van der Waals surface area contributed by atoms with E-state index >= 15 is 0 Å². The molecular formula is C20H28N4O3S. The average Bonchev–Trinajstić information content (AvgIpc) is 3.20. The van der Waals surface area contributed by atoms with Gasteiger partial charge >= 0.3 is 0 Å². The van der Waals surface area contributed by atoms with Crippen LogP contribution >= 0.6 is 11.8 Å². The molecule has 1 aromatic heterocycles. The van der Waals surface area contributed by atoms with Crippen LogP contribution in [0.15, 0.2) is 34.2 Å². The van der Waals surface area contributed by atoms with Crippen molar-refractivity contribution in [3.05, 3.63) is 34.6 Å². The fourth-order valence-electron chi connectivity index (χ4n) is 3.21. The molecule has 1 amide bonds. The second-order valence-corrected chi connectivity index (χ2v) is 8.20. The van der Waals surface area contributed by atoms with Crippen molar-refractivity contribution >= 4 is 28.6 Å². The Kier molecular flexibility index (Phi) is 7.47. The second-order valence-electron chi connectivity index (χ2n) is 7.25. The van der Waals surface area contributed by atoms with Crippen LogP contribution in [0, 0.1) is 0 Å². The molecule has 0 unspecified atom stereocenters. The van der Waals surface area contributed by atoms with Crippen molar-refractivity contribution in [2.75, 3.05) is 39.5 Å². The lowest BCUT2D eigenvalue weighted by Crippen LogP contribution is -2.33. The van der Waals surface area contributed by atoms with Crippen molar-refractivity contribution in [1.29, 1.82) is 0 Å². The molecule has 0 radical (unpaired) electrons. The van der Waals surface area contributed by atoms with Crippen molar-refractivity contribution in [2.45, 2.75) is 37.1 Å². The highest BCUT2D eigenvalue weighted by Crippen LogP contribution is 2.18. The third kappa shape index (κ3) is 5.56. The number of nitrogens with zero attached hydrogens (tertiary/aromatic N) is 3. The van der Waals surface area contributed by atoms with Crippen LogP contribution in [0.1, 0.15) is 19.3 Å². The Morgan fingerprint density at radius 3 is 2.96 bits per heavy atom. The fraction of sp³-hybridized carbons (Fsp3) is 0.550. The van der Waals surface area contributed by atoms with Crippen molar-refractivity contribution in [3.63, 3.8) is 0 Å². The molecule has 3 rings (SSSR count). The number of ether oxygens (including phenoxy) is 1. The first-order valence-electron chi connectivity index (χ1n) is 9.70. The summed E-state index contributed by atoms with van der Waals surface area (Å²) in [6.07, 6.45) is 3.00. The lowest BCUT2D eigenvalue weighted by molar-refractivity contribution is -0.119. The Hall–Kier alpha value is -1.90. The van der Waals surface area contributed by atoms with Crippen molar-refractivity contribution in [3.8, 4) is 0 Å². The van der Waals surface area contributed by atoms with E-state index in [0.29, 0.717) is 29.1 Å². The predicted molar refractivity (Wildman–Crippen MR) is 112 cm³/mol. The number of hydrogen-bond donors (Lipinski definition) is 1. The summed E-state index contributed by atoms with van der Waals surface area (Å²) in [6, 6.07) is 7.35. The summed E-state index contributed by atoms with van der Waals surface area (Å²) in [6.45, 7) is 2.77. The minimum atomic E-state index is -0.0669. The minimum Gasteiger partial charge on any atom is -0.376 e. The van der Waals surface area contributed by atoms with Crippen LogP contribution in [0.3, 0.4) is 0 Å². The van der Waals surface area contributed by atoms with Crippen LogP contribution in [0.5, 0.6) is 0 Å². The zero-order valence-electron chi connectivity index (χ0n) is 16.5. The first-order chi connectivity index (χ1) is 13.5. The van der Waals surface area contributed by atoms with E-state index in [4.69, 9.17) is 4.74 Å². The quantitative estimate of drug-likeness (QED) is 0.507. The van der Waals surface area contributed by atoms with Crippen LogP contribution < -0.4 is 10.9 Å². The lowest BCUT2D eigenvalue weighted by atomic mass is 10.2. The van der Waals surface area contributed by atoms with Gasteiger partial charge in [-0.05, 0) is 52.0 Å². The first-order valence-corrected chi connectivity index (χ1v) is 10.7. The standard InChI is InChI=1S/C20H28N4O3S/c1-23(2)10-6-11-24-19(26)16-8-3-4-9-17(16)22-20(24)28-14-18(25)21-13-15-7-5-12-27-15/h3-4,8-9,15H,5-7,10-14H2,1-2H3,(H,21,25)/t15-/m0/s1. The molecule has 8 heteroatoms. The summed E-state index contributed by atoms with van der Waals surface area (Å²) in [4.78, 5) is 31.9. The molecule has 1 N–H and O–H groups in total. The number of amides is 1. The van der Waals surface area contributed by atoms with Gasteiger partial charge in [0.1, 0.15) is 0 Å². The van der Waals surface area contributed by atoms with Gasteiger partial charge in [0.05, 0.1) is 22.8 Å². The number of rotatable bonds is 9. The Bertz CT molecular complexity index is 862. The van der Waals surface area contributed by atoms with Gasteiger partial charge in [-0.25, -0.2) is 4.98 Å². The number of carbonyl (C=O) groups is 1. The highest BCUT2D eigenvalue weighted by Gasteiger charge is 2.17. The molecule has 0 aliphatic carbocycles. The third-order valence-corrected chi connectivity index (χ3v) is 5.67. The van der Waals surface area contributed by atoms with Gasteiger partial charge in [-0.2, -0.15) is 0 Å². The molecule has 28 heavy (non-hydrogen) atoms. The van der Waals surface area contributed by atoms with Crippen LogP contribution in [0.2, 0.25) is 0 Å². The highest BCUT2D eigenvalue weighted by atomic mass is 32.2. The average molecular weight is 405 g/mol. The Morgan fingerprint density at radius 2 is 2.21 bits per heavy atom. The van der Waals surface area contributed by atoms with Crippen LogP contribution in [0.4, 0.5) is 0 Å². The Labute approximate surface area is 169 Å². The van der Waals surface area contributed by atoms with E-state index < -0.39 is 0 Å². The van der Waals surface area contributed by atoms with Gasteiger partial charge in [-0.1, -0.05) is 23.9 Å². The van der Waals surface area contributed by atoms with Crippen LogP contribution in [-0.2, 0) is 16.1 Å². The Morgan fingerprint density at radius 1 is 1.39 bits per heavy atom. The molecule has 1 aliphatic rings. The molecule has 2 aromatic rings. The summed E-state index contributed by atoms with van der Waals surface area (Å²) in [5.41, 5.74) is 0.616. The van der Waals surface area contributed by atoms with Crippen molar-refractivity contribution < 1.29 is 9.53 Å². The molecule has 0 spiro atoms. The molecule has 1 aliphatic heterocycles. The summed E-state index contributed by atoms with van der Waals surface area (Å²) in [5.74, 6) is 0.160. The number of thioether (sulfide) groups is 1. The molecule has 1 aromatic carbocycles. The summed E-state index contributed by atoms with van der Waals surface area (Å²) in [5, 5.41) is 4.12. The maximum atomic E-state index is 12.9. The zero-order chi connectivity index (χ0) is 19.9. The number of fused-ring (bicyclic) bond motifs is 1. The number of aromatic nitrogens is 2. The van der Waals surface area contributed by atoms with Crippen molar-refractivity contribution in [2.24, 2.45) is 0 Å². The van der Waals surface area contributed by atoms with E-state index in [1.165, 1.54) is 11.8 Å². The summed E-state index contributed by atoms with van der Waals surface area (Å²) in [7, 11) is 4.02. The van der Waals surface area contributed by atoms with E-state index in [2.05, 4.69) is 15.2 Å². The molecule has 2 heterocycles. The van der Waals surface area contributed by atoms with Gasteiger partial charge in [-0.15, -0.1) is 0 Å². The van der Waals surface area contributed by atoms with Gasteiger partial charge in [0, 0.05) is 19.7 Å². The first kappa shape index (κ1) is 20.8. The third-order valence-electron chi connectivity index (χ3n) is 4.70. The summed E-state index contributed by atoms with van der Waals surface area (Å²) >= 11 is 1.31. The van der Waals surface area contributed by atoms with Crippen LogP contribution in [0.25, 0.3) is 10.9 Å². The number of para-hydroxylation sites is 1. The Balaban J connectivity index is 1.70. The zero-order valence-corrected chi connectivity index (χ0v) is 17.3. The van der Waals surface area contributed by atoms with E-state index in [-0.39, 0.29) is 23.3 Å². The summed E-state index contributed by atoms with van der Waals surface area (Å²) < 4.78 is 7.23. The molecule has 0 saturated carbocycles. The maximum Gasteiger partial charge on any atom is 0.262 e. The van der Waals surface area contributed by atoms with Gasteiger partial charge in [0.15, 0.2) is 5.16 Å². The smallest absolute Gasteiger partial charge is 0.262 e. The number of nitrogens with one attached hydrogen (secondary N) is 1. The molecule has 7 nitrogen and oxygen atoms in total. The number of benzene rings is 1. The lowest BCUT2D eigenvalue weighted by Gasteiger charge is -2.15. The predicted octanol–water partition coefficient (Wildman–Crippen LogP) is 1.74. The van der Waals surface area contributed by atoms with E-state index in [1.54, 1.807) is 10.6 Å². The monoisotopic (exact) mass is 404 g/mol. The largest absolute Gasteiger partial charge is 0.376 e. The molecular weight excluding hydrogens is 376 g/mol. The normalized spacial score (nSPS) is 16.8. The van der Waals surface area contributed by atoms with E-state index in [0.717, 1.165) is 32.4 Å². The van der Waals surface area contributed by atoms with Gasteiger partial charge < -0.3 is 15.0 Å². The van der Waals surface area contributed by atoms with Gasteiger partial charge in [0.2, 0.25) is 5.91 Å². The highest BCUT2D eigenvalue weighted by molar-refractivity contribution is 7.99. The molecule has 1 atom stereocenters. The topological polar surface area (TPSA) is 76.5 Å². The van der Waals surface area contributed by atoms with Gasteiger partial charge in [-0.3, -0.25) is 14.2 Å². The number of carbonyl (C=O) groups excluding carboxylic acids is 1. The molecule has 0 bridgehead atoms. The van der Waals surface area contributed by atoms with Crippen LogP contribution in [-0.4, -0.2) is 66.0 Å². The maximum absolute atomic E-state index is 12.9. The van der Waals surface area contributed by atoms with E-state index in [1.807, 2.05) is 32.3 Å². The second kappa shape index (κ2) is 10.0. The molecule has 1 saturated heterocycles. The van der Waals surface area contributed by atoms with E-state index in [9.17, 15) is 9.59 Å². The minimum absolute atomic E-state index is 0.0494. The molecule has 1 fully saturated rings. The van der Waals surface area contributed by atoms with Crippen molar-refractivity contribution in [1.82, 2.24) is 19.8 Å². The SMILES string of the molecule is CN(C)CCCn1c(SCC(=O)NC[C@@H]2CCCO2)nc2ccccc2c1=O.